The lowest BCUT2D eigenvalue weighted by Crippen LogP contribution is -2.47. The summed E-state index contributed by atoms with van der Waals surface area (Å²) in [6, 6.07) is 8.83. The van der Waals surface area contributed by atoms with E-state index in [9.17, 15) is 0 Å². The van der Waals surface area contributed by atoms with E-state index in [1.807, 2.05) is 0 Å². The molecule has 96 valence electrons. The van der Waals surface area contributed by atoms with E-state index in [0.29, 0.717) is 6.04 Å². The second-order valence-electron chi connectivity index (χ2n) is 5.36. The maximum absolute atomic E-state index is 3.59. The van der Waals surface area contributed by atoms with Crippen molar-refractivity contribution in [2.75, 3.05) is 20.6 Å². The summed E-state index contributed by atoms with van der Waals surface area (Å²) in [6.45, 7) is 7.66. The maximum atomic E-state index is 3.59. The average molecular weight is 299 g/mol. The van der Waals surface area contributed by atoms with Gasteiger partial charge in [0.05, 0.1) is 0 Å². The first-order chi connectivity index (χ1) is 7.83. The van der Waals surface area contributed by atoms with Crippen LogP contribution in [0, 0.1) is 0 Å². The summed E-state index contributed by atoms with van der Waals surface area (Å²) < 4.78 is 1.13. The zero-order valence-electron chi connectivity index (χ0n) is 11.4. The molecule has 1 aromatic rings. The van der Waals surface area contributed by atoms with Crippen molar-refractivity contribution in [2.45, 2.75) is 32.4 Å². The van der Waals surface area contributed by atoms with Gasteiger partial charge in [0.2, 0.25) is 0 Å². The van der Waals surface area contributed by atoms with Gasteiger partial charge in [-0.3, -0.25) is 0 Å². The SMILES string of the molecule is CC(NCC(C)(C)N(C)C)c1cccc(Br)c1. The highest BCUT2D eigenvalue weighted by Gasteiger charge is 2.20. The minimum absolute atomic E-state index is 0.167. The Labute approximate surface area is 114 Å². The van der Waals surface area contributed by atoms with Gasteiger partial charge < -0.3 is 10.2 Å². The van der Waals surface area contributed by atoms with E-state index in [2.05, 4.69) is 85.3 Å². The molecule has 1 N–H and O–H groups in total. The minimum Gasteiger partial charge on any atom is -0.308 e. The third-order valence-electron chi connectivity index (χ3n) is 3.40. The summed E-state index contributed by atoms with van der Waals surface area (Å²) in [6.07, 6.45) is 0. The van der Waals surface area contributed by atoms with Gasteiger partial charge in [0.15, 0.2) is 0 Å². The normalized spacial score (nSPS) is 14.1. The Bertz CT molecular complexity index is 361. The van der Waals surface area contributed by atoms with Gasteiger partial charge in [-0.25, -0.2) is 0 Å². The number of nitrogens with zero attached hydrogens (tertiary/aromatic N) is 1. The van der Waals surface area contributed by atoms with Crippen molar-refractivity contribution in [3.63, 3.8) is 0 Å². The summed E-state index contributed by atoms with van der Waals surface area (Å²) in [5, 5.41) is 3.59. The Kier molecular flexibility index (Phi) is 5.17. The molecule has 0 fully saturated rings. The number of halogens is 1. The second-order valence-corrected chi connectivity index (χ2v) is 6.28. The van der Waals surface area contributed by atoms with Crippen molar-refractivity contribution in [3.05, 3.63) is 34.3 Å². The van der Waals surface area contributed by atoms with Gasteiger partial charge in [0, 0.05) is 22.6 Å². The molecule has 0 aliphatic rings. The lowest BCUT2D eigenvalue weighted by Gasteiger charge is -2.34. The molecular weight excluding hydrogens is 276 g/mol. The van der Waals surface area contributed by atoms with Gasteiger partial charge in [-0.2, -0.15) is 0 Å². The highest BCUT2D eigenvalue weighted by molar-refractivity contribution is 9.10. The molecule has 0 aliphatic heterocycles. The standard InChI is InChI=1S/C14H23BrN2/c1-11(12-7-6-8-13(15)9-12)16-10-14(2,3)17(4)5/h6-9,11,16H,10H2,1-5H3. The fourth-order valence-corrected chi connectivity index (χ4v) is 1.87. The van der Waals surface area contributed by atoms with Crippen LogP contribution in [0.4, 0.5) is 0 Å². The van der Waals surface area contributed by atoms with E-state index in [1.54, 1.807) is 0 Å². The molecule has 2 nitrogen and oxygen atoms in total. The summed E-state index contributed by atoms with van der Waals surface area (Å²) in [5.74, 6) is 0. The average Bonchev–Trinajstić information content (AvgIpc) is 2.25. The highest BCUT2D eigenvalue weighted by atomic mass is 79.9. The Morgan fingerprint density at radius 2 is 2.00 bits per heavy atom. The first-order valence-electron chi connectivity index (χ1n) is 5.99. The Morgan fingerprint density at radius 1 is 1.35 bits per heavy atom. The number of rotatable bonds is 5. The molecule has 17 heavy (non-hydrogen) atoms. The maximum Gasteiger partial charge on any atom is 0.0292 e. The van der Waals surface area contributed by atoms with Gasteiger partial charge in [0.1, 0.15) is 0 Å². The van der Waals surface area contributed by atoms with Crippen LogP contribution in [0.1, 0.15) is 32.4 Å². The summed E-state index contributed by atoms with van der Waals surface area (Å²) in [4.78, 5) is 2.24. The number of nitrogens with one attached hydrogen (secondary N) is 1. The molecule has 0 bridgehead atoms. The van der Waals surface area contributed by atoms with Crippen LogP contribution in [-0.4, -0.2) is 31.1 Å². The van der Waals surface area contributed by atoms with Crippen LogP contribution in [0.25, 0.3) is 0 Å². The summed E-state index contributed by atoms with van der Waals surface area (Å²) in [7, 11) is 4.23. The molecule has 1 unspecified atom stereocenters. The molecule has 1 atom stereocenters. The number of hydrogen-bond acceptors (Lipinski definition) is 2. The van der Waals surface area contributed by atoms with Crippen LogP contribution in [0.3, 0.4) is 0 Å². The van der Waals surface area contributed by atoms with Crippen LogP contribution in [0.15, 0.2) is 28.7 Å². The van der Waals surface area contributed by atoms with Crippen molar-refractivity contribution in [3.8, 4) is 0 Å². The molecule has 0 spiro atoms. The zero-order valence-corrected chi connectivity index (χ0v) is 13.0. The Hall–Kier alpha value is -0.380. The highest BCUT2D eigenvalue weighted by Crippen LogP contribution is 2.18. The first kappa shape index (κ1) is 14.7. The molecular formula is C14H23BrN2. The van der Waals surface area contributed by atoms with Gasteiger partial charge >= 0.3 is 0 Å². The fraction of sp³-hybridized carbons (Fsp3) is 0.571. The van der Waals surface area contributed by atoms with Crippen molar-refractivity contribution in [1.29, 1.82) is 0 Å². The van der Waals surface area contributed by atoms with Gasteiger partial charge in [-0.05, 0) is 52.6 Å². The molecule has 1 aromatic carbocycles. The van der Waals surface area contributed by atoms with Crippen LogP contribution >= 0.6 is 15.9 Å². The Balaban J connectivity index is 2.59. The van der Waals surface area contributed by atoms with Crippen molar-refractivity contribution < 1.29 is 0 Å². The first-order valence-corrected chi connectivity index (χ1v) is 6.78. The van der Waals surface area contributed by atoms with Gasteiger partial charge in [0.25, 0.3) is 0 Å². The van der Waals surface area contributed by atoms with Crippen molar-refractivity contribution in [1.82, 2.24) is 10.2 Å². The van der Waals surface area contributed by atoms with Gasteiger partial charge in [-0.1, -0.05) is 28.1 Å². The largest absolute Gasteiger partial charge is 0.308 e. The smallest absolute Gasteiger partial charge is 0.0292 e. The molecule has 0 amide bonds. The van der Waals surface area contributed by atoms with E-state index in [-0.39, 0.29) is 5.54 Å². The topological polar surface area (TPSA) is 15.3 Å². The van der Waals surface area contributed by atoms with E-state index in [1.165, 1.54) is 5.56 Å². The zero-order chi connectivity index (χ0) is 13.1. The van der Waals surface area contributed by atoms with Crippen LogP contribution in [-0.2, 0) is 0 Å². The lowest BCUT2D eigenvalue weighted by molar-refractivity contribution is 0.185. The van der Waals surface area contributed by atoms with E-state index in [0.717, 1.165) is 11.0 Å². The van der Waals surface area contributed by atoms with Crippen LogP contribution < -0.4 is 5.32 Å². The minimum atomic E-state index is 0.167. The second kappa shape index (κ2) is 5.98. The summed E-state index contributed by atoms with van der Waals surface area (Å²) >= 11 is 3.51. The Morgan fingerprint density at radius 3 is 2.53 bits per heavy atom. The molecule has 0 saturated heterocycles. The van der Waals surface area contributed by atoms with Crippen LogP contribution in [0.5, 0.6) is 0 Å². The molecule has 0 heterocycles. The lowest BCUT2D eigenvalue weighted by atomic mass is 10.0. The quantitative estimate of drug-likeness (QED) is 0.896. The number of benzene rings is 1. The van der Waals surface area contributed by atoms with E-state index >= 15 is 0 Å². The predicted octanol–water partition coefficient (Wildman–Crippen LogP) is 3.44. The molecule has 0 saturated carbocycles. The fourth-order valence-electron chi connectivity index (χ4n) is 1.45. The van der Waals surface area contributed by atoms with E-state index < -0.39 is 0 Å². The molecule has 1 rings (SSSR count). The van der Waals surface area contributed by atoms with Gasteiger partial charge in [-0.15, -0.1) is 0 Å². The summed E-state index contributed by atoms with van der Waals surface area (Å²) in [5.41, 5.74) is 1.48. The molecule has 0 aromatic heterocycles. The van der Waals surface area contributed by atoms with Crippen molar-refractivity contribution in [2.24, 2.45) is 0 Å². The molecule has 0 aliphatic carbocycles. The predicted molar refractivity (Wildman–Crippen MR) is 78.3 cm³/mol. The number of likely N-dealkylation sites (N-methyl/N-ethyl adjacent to an activating group) is 1. The molecule has 3 heteroatoms. The van der Waals surface area contributed by atoms with Crippen LogP contribution in [0.2, 0.25) is 0 Å². The monoisotopic (exact) mass is 298 g/mol. The van der Waals surface area contributed by atoms with E-state index in [4.69, 9.17) is 0 Å². The third-order valence-corrected chi connectivity index (χ3v) is 3.89. The number of hydrogen-bond donors (Lipinski definition) is 1. The van der Waals surface area contributed by atoms with Crippen molar-refractivity contribution >= 4 is 15.9 Å². The third kappa shape index (κ3) is 4.41. The molecule has 0 radical (unpaired) electrons.